The summed E-state index contributed by atoms with van der Waals surface area (Å²) in [7, 11) is 0. The first-order valence-electron chi connectivity index (χ1n) is 8.29. The van der Waals surface area contributed by atoms with Crippen molar-refractivity contribution in [1.29, 1.82) is 0 Å². The highest BCUT2D eigenvalue weighted by molar-refractivity contribution is 7.17. The number of fused-ring (bicyclic) bond motifs is 1. The van der Waals surface area contributed by atoms with Crippen molar-refractivity contribution in [3.63, 3.8) is 0 Å². The molecule has 6 nitrogen and oxygen atoms in total. The Morgan fingerprint density at radius 1 is 1.33 bits per heavy atom. The minimum Gasteiger partial charge on any atom is -0.462 e. The van der Waals surface area contributed by atoms with E-state index in [4.69, 9.17) is 4.74 Å². The van der Waals surface area contributed by atoms with Crippen LogP contribution in [-0.4, -0.2) is 28.3 Å². The normalized spacial score (nSPS) is 13.4. The predicted octanol–water partition coefficient (Wildman–Crippen LogP) is 3.27. The largest absolute Gasteiger partial charge is 0.462 e. The molecule has 1 aliphatic carbocycles. The zero-order valence-corrected chi connectivity index (χ0v) is 14.7. The second-order valence-corrected chi connectivity index (χ2v) is 6.78. The molecular weight excluding hydrogens is 326 g/mol. The summed E-state index contributed by atoms with van der Waals surface area (Å²) in [6.45, 7) is 4.77. The van der Waals surface area contributed by atoms with Crippen LogP contribution in [0.1, 0.15) is 57.8 Å². The Balaban J connectivity index is 1.90. The highest BCUT2D eigenvalue weighted by Crippen LogP contribution is 2.38. The molecule has 1 aliphatic rings. The fraction of sp³-hybridized carbons (Fsp3) is 0.471. The van der Waals surface area contributed by atoms with Gasteiger partial charge < -0.3 is 10.1 Å². The number of nitrogens with one attached hydrogen (secondary N) is 1. The van der Waals surface area contributed by atoms with Gasteiger partial charge in [0.1, 0.15) is 5.00 Å². The second-order valence-electron chi connectivity index (χ2n) is 5.67. The lowest BCUT2D eigenvalue weighted by Crippen LogP contribution is -2.15. The van der Waals surface area contributed by atoms with Crippen LogP contribution in [0.4, 0.5) is 5.00 Å². The van der Waals surface area contributed by atoms with Crippen LogP contribution in [0.15, 0.2) is 12.4 Å². The van der Waals surface area contributed by atoms with Crippen LogP contribution in [-0.2, 0) is 24.1 Å². The molecule has 7 heteroatoms. The molecule has 2 aromatic rings. The van der Waals surface area contributed by atoms with E-state index >= 15 is 0 Å². The molecule has 2 aromatic heterocycles. The van der Waals surface area contributed by atoms with Gasteiger partial charge in [-0.25, -0.2) is 4.79 Å². The predicted molar refractivity (Wildman–Crippen MR) is 92.8 cm³/mol. The van der Waals surface area contributed by atoms with Gasteiger partial charge in [0, 0.05) is 17.6 Å². The average molecular weight is 347 g/mol. The van der Waals surface area contributed by atoms with Crippen LogP contribution in [0.25, 0.3) is 0 Å². The molecule has 0 radical (unpaired) electrons. The molecule has 24 heavy (non-hydrogen) atoms. The second kappa shape index (κ2) is 7.17. The fourth-order valence-corrected chi connectivity index (χ4v) is 4.17. The molecule has 0 fully saturated rings. The zero-order chi connectivity index (χ0) is 17.1. The number of aryl methyl sites for hydroxylation is 2. The van der Waals surface area contributed by atoms with Crippen LogP contribution in [0.2, 0.25) is 0 Å². The van der Waals surface area contributed by atoms with Crippen molar-refractivity contribution in [3.05, 3.63) is 34.0 Å². The van der Waals surface area contributed by atoms with Gasteiger partial charge in [-0.1, -0.05) is 0 Å². The fourth-order valence-electron chi connectivity index (χ4n) is 2.90. The lowest BCUT2D eigenvalue weighted by Gasteiger charge is -2.12. The Labute approximate surface area is 144 Å². The van der Waals surface area contributed by atoms with Gasteiger partial charge in [-0.05, 0) is 45.1 Å². The van der Waals surface area contributed by atoms with Crippen LogP contribution >= 0.6 is 11.3 Å². The maximum absolute atomic E-state index is 12.5. The lowest BCUT2D eigenvalue weighted by molar-refractivity contribution is 0.0526. The number of aromatic nitrogens is 2. The first kappa shape index (κ1) is 16.7. The Kier molecular flexibility index (Phi) is 4.99. The maximum atomic E-state index is 12.5. The molecule has 0 aliphatic heterocycles. The van der Waals surface area contributed by atoms with E-state index in [-0.39, 0.29) is 11.9 Å². The smallest absolute Gasteiger partial charge is 0.341 e. The molecule has 0 unspecified atom stereocenters. The molecule has 128 valence electrons. The van der Waals surface area contributed by atoms with Crippen molar-refractivity contribution in [2.75, 3.05) is 11.9 Å². The summed E-state index contributed by atoms with van der Waals surface area (Å²) in [6.07, 6.45) is 7.24. The quantitative estimate of drug-likeness (QED) is 0.843. The third-order valence-corrected chi connectivity index (χ3v) is 5.30. The van der Waals surface area contributed by atoms with Gasteiger partial charge in [0.25, 0.3) is 5.91 Å². The first-order chi connectivity index (χ1) is 11.6. The summed E-state index contributed by atoms with van der Waals surface area (Å²) in [4.78, 5) is 26.0. The minimum absolute atomic E-state index is 0.251. The summed E-state index contributed by atoms with van der Waals surface area (Å²) in [5, 5.41) is 7.60. The molecule has 0 aromatic carbocycles. The Morgan fingerprint density at radius 2 is 2.12 bits per heavy atom. The van der Waals surface area contributed by atoms with E-state index in [1.54, 1.807) is 17.8 Å². The van der Waals surface area contributed by atoms with Crippen molar-refractivity contribution in [1.82, 2.24) is 9.78 Å². The van der Waals surface area contributed by atoms with Gasteiger partial charge >= 0.3 is 5.97 Å². The van der Waals surface area contributed by atoms with Crippen molar-refractivity contribution in [2.45, 2.75) is 46.1 Å². The number of hydrogen-bond acceptors (Lipinski definition) is 5. The SMILES string of the molecule is CCOC(=O)c1c(NC(=O)c2cnn(CC)c2)sc2c1CCCC2. The first-order valence-corrected chi connectivity index (χ1v) is 9.11. The van der Waals surface area contributed by atoms with E-state index in [2.05, 4.69) is 10.4 Å². The van der Waals surface area contributed by atoms with E-state index in [1.165, 1.54) is 22.4 Å². The zero-order valence-electron chi connectivity index (χ0n) is 13.9. The maximum Gasteiger partial charge on any atom is 0.341 e. The van der Waals surface area contributed by atoms with E-state index in [0.717, 1.165) is 31.2 Å². The summed E-state index contributed by atoms with van der Waals surface area (Å²) in [5.74, 6) is -0.602. The molecular formula is C17H21N3O3S. The number of thiophene rings is 1. The number of ether oxygens (including phenoxy) is 1. The van der Waals surface area contributed by atoms with Gasteiger partial charge in [-0.15, -0.1) is 11.3 Å². The van der Waals surface area contributed by atoms with Gasteiger partial charge in [0.05, 0.1) is 23.9 Å². The number of esters is 1. The number of carbonyl (C=O) groups is 2. The van der Waals surface area contributed by atoms with Crippen LogP contribution in [0.3, 0.4) is 0 Å². The van der Waals surface area contributed by atoms with E-state index in [1.807, 2.05) is 6.92 Å². The van der Waals surface area contributed by atoms with Crippen molar-refractivity contribution >= 4 is 28.2 Å². The molecule has 0 saturated carbocycles. The topological polar surface area (TPSA) is 73.2 Å². The average Bonchev–Trinajstić information content (AvgIpc) is 3.19. The van der Waals surface area contributed by atoms with Crippen molar-refractivity contribution in [2.24, 2.45) is 0 Å². The van der Waals surface area contributed by atoms with Gasteiger partial charge in [0.15, 0.2) is 0 Å². The van der Waals surface area contributed by atoms with Crippen molar-refractivity contribution in [3.8, 4) is 0 Å². The summed E-state index contributed by atoms with van der Waals surface area (Å²) < 4.78 is 6.90. The van der Waals surface area contributed by atoms with Gasteiger partial charge in [-0.3, -0.25) is 9.48 Å². The van der Waals surface area contributed by atoms with Crippen LogP contribution < -0.4 is 5.32 Å². The molecule has 0 atom stereocenters. The van der Waals surface area contributed by atoms with Gasteiger partial charge in [-0.2, -0.15) is 5.10 Å². The lowest BCUT2D eigenvalue weighted by atomic mass is 9.95. The van der Waals surface area contributed by atoms with Gasteiger partial charge in [0.2, 0.25) is 0 Å². The standard InChI is InChI=1S/C17H21N3O3S/c1-3-20-10-11(9-18-20)15(21)19-16-14(17(22)23-4-2)12-7-5-6-8-13(12)24-16/h9-10H,3-8H2,1-2H3,(H,19,21). The Hall–Kier alpha value is -2.15. The molecule has 1 N–H and O–H groups in total. The van der Waals surface area contributed by atoms with E-state index < -0.39 is 0 Å². The summed E-state index contributed by atoms with van der Waals surface area (Å²) >= 11 is 1.49. The summed E-state index contributed by atoms with van der Waals surface area (Å²) in [6, 6.07) is 0. The number of nitrogens with zero attached hydrogens (tertiary/aromatic N) is 2. The molecule has 2 heterocycles. The number of rotatable bonds is 5. The Morgan fingerprint density at radius 3 is 2.83 bits per heavy atom. The van der Waals surface area contributed by atoms with Crippen molar-refractivity contribution < 1.29 is 14.3 Å². The highest BCUT2D eigenvalue weighted by Gasteiger charge is 2.27. The monoisotopic (exact) mass is 347 g/mol. The third kappa shape index (κ3) is 3.21. The third-order valence-electron chi connectivity index (χ3n) is 4.10. The number of anilines is 1. The summed E-state index contributed by atoms with van der Waals surface area (Å²) in [5.41, 5.74) is 2.06. The molecule has 0 bridgehead atoms. The molecule has 0 spiro atoms. The number of carbonyl (C=O) groups excluding carboxylic acids is 2. The minimum atomic E-state index is -0.351. The highest BCUT2D eigenvalue weighted by atomic mass is 32.1. The van der Waals surface area contributed by atoms with Crippen LogP contribution in [0.5, 0.6) is 0 Å². The van der Waals surface area contributed by atoms with E-state index in [0.29, 0.717) is 29.3 Å². The Bertz CT molecular complexity index is 763. The molecule has 1 amide bonds. The molecule has 0 saturated heterocycles. The molecule has 3 rings (SSSR count). The number of hydrogen-bond donors (Lipinski definition) is 1. The van der Waals surface area contributed by atoms with Crippen LogP contribution in [0, 0.1) is 0 Å². The number of amides is 1. The van der Waals surface area contributed by atoms with E-state index in [9.17, 15) is 9.59 Å².